The molecule has 0 radical (unpaired) electrons. The minimum absolute atomic E-state index is 0.0708. The number of aromatic nitrogens is 1. The minimum atomic E-state index is -0.0708. The van der Waals surface area contributed by atoms with Gasteiger partial charge in [-0.2, -0.15) is 0 Å². The van der Waals surface area contributed by atoms with Crippen LogP contribution in [0.15, 0.2) is 30.5 Å². The maximum absolute atomic E-state index is 12.5. The number of halogens is 1. The van der Waals surface area contributed by atoms with Crippen molar-refractivity contribution in [3.63, 3.8) is 0 Å². The van der Waals surface area contributed by atoms with Crippen LogP contribution in [0, 0.1) is 0 Å². The van der Waals surface area contributed by atoms with Gasteiger partial charge in [-0.25, -0.2) is 0 Å². The number of ether oxygens (including phenoxy) is 1. The number of nitrogens with one attached hydrogen (secondary N) is 2. The number of amides is 1. The summed E-state index contributed by atoms with van der Waals surface area (Å²) >= 11 is 6.00. The molecule has 2 heterocycles. The first-order valence-corrected chi connectivity index (χ1v) is 8.66. The lowest BCUT2D eigenvalue weighted by Crippen LogP contribution is -2.38. The summed E-state index contributed by atoms with van der Waals surface area (Å²) in [5.41, 5.74) is 3.59. The molecule has 6 heteroatoms. The Kier molecular flexibility index (Phi) is 5.43. The average molecular weight is 348 g/mol. The van der Waals surface area contributed by atoms with E-state index in [0.717, 1.165) is 36.3 Å². The molecule has 3 rings (SSSR count). The van der Waals surface area contributed by atoms with Crippen LogP contribution in [0.1, 0.15) is 23.8 Å². The monoisotopic (exact) mass is 347 g/mol. The van der Waals surface area contributed by atoms with Gasteiger partial charge in [0.15, 0.2) is 0 Å². The molecule has 0 unspecified atom stereocenters. The third kappa shape index (κ3) is 3.57. The molecule has 0 atom stereocenters. The van der Waals surface area contributed by atoms with Crippen molar-refractivity contribution in [2.45, 2.75) is 13.3 Å². The number of morpholine rings is 1. The van der Waals surface area contributed by atoms with Crippen molar-refractivity contribution in [3.05, 3.63) is 41.2 Å². The number of rotatable bonds is 5. The number of nitrogens with zero attached hydrogens (tertiary/aromatic N) is 1. The summed E-state index contributed by atoms with van der Waals surface area (Å²) < 4.78 is 5.45. The predicted molar refractivity (Wildman–Crippen MR) is 96.9 cm³/mol. The summed E-state index contributed by atoms with van der Waals surface area (Å²) in [6.07, 6.45) is 2.80. The first-order chi connectivity index (χ1) is 11.7. The summed E-state index contributed by atoms with van der Waals surface area (Å²) in [7, 11) is 0. The third-order valence-corrected chi connectivity index (χ3v) is 4.35. The average Bonchev–Trinajstić information content (AvgIpc) is 3.06. The Bertz CT molecular complexity index is 691. The summed E-state index contributed by atoms with van der Waals surface area (Å²) in [4.78, 5) is 17.9. The molecule has 1 aromatic carbocycles. The second-order valence-electron chi connectivity index (χ2n) is 5.79. The Hall–Kier alpha value is -1.98. The van der Waals surface area contributed by atoms with E-state index in [9.17, 15) is 4.79 Å². The summed E-state index contributed by atoms with van der Waals surface area (Å²) in [5, 5.41) is 3.65. The van der Waals surface area contributed by atoms with E-state index in [2.05, 4.69) is 15.2 Å². The van der Waals surface area contributed by atoms with Crippen molar-refractivity contribution in [2.24, 2.45) is 0 Å². The van der Waals surface area contributed by atoms with Gasteiger partial charge in [0.25, 0.3) is 5.91 Å². The number of anilines is 1. The predicted octanol–water partition coefficient (Wildman–Crippen LogP) is 3.31. The van der Waals surface area contributed by atoms with E-state index >= 15 is 0 Å². The van der Waals surface area contributed by atoms with Gasteiger partial charge in [0.1, 0.15) is 5.69 Å². The molecule has 128 valence electrons. The molecule has 0 spiro atoms. The maximum atomic E-state index is 12.5. The van der Waals surface area contributed by atoms with E-state index in [1.165, 1.54) is 0 Å². The van der Waals surface area contributed by atoms with Crippen LogP contribution < -0.4 is 10.2 Å². The normalized spacial score (nSPS) is 14.7. The molecular formula is C18H22ClN3O2. The van der Waals surface area contributed by atoms with Crippen LogP contribution in [0.2, 0.25) is 5.02 Å². The van der Waals surface area contributed by atoms with E-state index in [1.54, 1.807) is 0 Å². The lowest BCUT2D eigenvalue weighted by molar-refractivity contribution is 0.0948. The number of hydrogen-bond donors (Lipinski definition) is 2. The number of benzene rings is 1. The Morgan fingerprint density at radius 1 is 1.29 bits per heavy atom. The largest absolute Gasteiger partial charge is 0.378 e. The van der Waals surface area contributed by atoms with Crippen LogP contribution >= 0.6 is 11.6 Å². The first-order valence-electron chi connectivity index (χ1n) is 8.29. The molecule has 0 aliphatic carbocycles. The molecule has 1 aromatic heterocycles. The number of carbonyl (C=O) groups is 1. The van der Waals surface area contributed by atoms with Crippen LogP contribution in [-0.2, 0) is 4.74 Å². The standard InChI is InChI=1S/C18H22ClN3O2/c1-2-7-20-18(23)16-17(22-8-10-24-11-9-22)15(12-21-16)13-3-5-14(19)6-4-13/h3-6,12,21H,2,7-11H2,1H3,(H,20,23). The van der Waals surface area contributed by atoms with Crippen LogP contribution in [0.5, 0.6) is 0 Å². The van der Waals surface area contributed by atoms with Crippen molar-refractivity contribution < 1.29 is 9.53 Å². The zero-order valence-corrected chi connectivity index (χ0v) is 14.5. The zero-order valence-electron chi connectivity index (χ0n) is 13.8. The van der Waals surface area contributed by atoms with Gasteiger partial charge in [-0.3, -0.25) is 4.79 Å². The summed E-state index contributed by atoms with van der Waals surface area (Å²) in [5.74, 6) is -0.0708. The van der Waals surface area contributed by atoms with Gasteiger partial charge in [-0.15, -0.1) is 0 Å². The van der Waals surface area contributed by atoms with Crippen LogP contribution in [-0.4, -0.2) is 43.7 Å². The second kappa shape index (κ2) is 7.73. The zero-order chi connectivity index (χ0) is 16.9. The van der Waals surface area contributed by atoms with E-state index in [1.807, 2.05) is 37.4 Å². The van der Waals surface area contributed by atoms with Crippen LogP contribution in [0.25, 0.3) is 11.1 Å². The Morgan fingerprint density at radius 3 is 2.67 bits per heavy atom. The molecule has 1 fully saturated rings. The molecule has 2 N–H and O–H groups in total. The molecule has 1 aliphatic rings. The highest BCUT2D eigenvalue weighted by Gasteiger charge is 2.24. The van der Waals surface area contributed by atoms with Gasteiger partial charge < -0.3 is 19.9 Å². The van der Waals surface area contributed by atoms with Crippen molar-refractivity contribution in [1.29, 1.82) is 0 Å². The van der Waals surface area contributed by atoms with Crippen molar-refractivity contribution >= 4 is 23.2 Å². The Morgan fingerprint density at radius 2 is 2.00 bits per heavy atom. The van der Waals surface area contributed by atoms with E-state index < -0.39 is 0 Å². The van der Waals surface area contributed by atoms with Crippen LogP contribution in [0.3, 0.4) is 0 Å². The molecular weight excluding hydrogens is 326 g/mol. The van der Waals surface area contributed by atoms with Crippen molar-refractivity contribution in [3.8, 4) is 11.1 Å². The Labute approximate surface area is 146 Å². The highest BCUT2D eigenvalue weighted by molar-refractivity contribution is 6.30. The number of H-pyrrole nitrogens is 1. The fourth-order valence-electron chi connectivity index (χ4n) is 2.88. The van der Waals surface area contributed by atoms with Gasteiger partial charge in [0, 0.05) is 36.4 Å². The topological polar surface area (TPSA) is 57.4 Å². The highest BCUT2D eigenvalue weighted by atomic mass is 35.5. The second-order valence-corrected chi connectivity index (χ2v) is 6.22. The van der Waals surface area contributed by atoms with E-state index in [0.29, 0.717) is 30.5 Å². The lowest BCUT2D eigenvalue weighted by Gasteiger charge is -2.30. The van der Waals surface area contributed by atoms with Gasteiger partial charge >= 0.3 is 0 Å². The van der Waals surface area contributed by atoms with Crippen molar-refractivity contribution in [1.82, 2.24) is 10.3 Å². The van der Waals surface area contributed by atoms with E-state index in [-0.39, 0.29) is 5.91 Å². The SMILES string of the molecule is CCCNC(=O)c1[nH]cc(-c2ccc(Cl)cc2)c1N1CCOCC1. The molecule has 0 bridgehead atoms. The molecule has 24 heavy (non-hydrogen) atoms. The fraction of sp³-hybridized carbons (Fsp3) is 0.389. The molecule has 1 aliphatic heterocycles. The van der Waals surface area contributed by atoms with Gasteiger partial charge in [-0.05, 0) is 24.1 Å². The smallest absolute Gasteiger partial charge is 0.269 e. The van der Waals surface area contributed by atoms with Crippen molar-refractivity contribution in [2.75, 3.05) is 37.7 Å². The van der Waals surface area contributed by atoms with Gasteiger partial charge in [0.2, 0.25) is 0 Å². The van der Waals surface area contributed by atoms with Crippen LogP contribution in [0.4, 0.5) is 5.69 Å². The Balaban J connectivity index is 2.00. The number of aromatic amines is 1. The molecule has 0 saturated carbocycles. The van der Waals surface area contributed by atoms with Gasteiger partial charge in [0.05, 0.1) is 18.9 Å². The summed E-state index contributed by atoms with van der Waals surface area (Å²) in [6.45, 7) is 5.58. The molecule has 1 saturated heterocycles. The highest BCUT2D eigenvalue weighted by Crippen LogP contribution is 2.35. The maximum Gasteiger partial charge on any atom is 0.269 e. The molecule has 2 aromatic rings. The fourth-order valence-corrected chi connectivity index (χ4v) is 3.01. The number of hydrogen-bond acceptors (Lipinski definition) is 3. The van der Waals surface area contributed by atoms with Gasteiger partial charge in [-0.1, -0.05) is 30.7 Å². The summed E-state index contributed by atoms with van der Waals surface area (Å²) in [6, 6.07) is 7.68. The minimum Gasteiger partial charge on any atom is -0.378 e. The first kappa shape index (κ1) is 16.9. The quantitative estimate of drug-likeness (QED) is 0.872. The third-order valence-electron chi connectivity index (χ3n) is 4.10. The number of carbonyl (C=O) groups excluding carboxylic acids is 1. The molecule has 5 nitrogen and oxygen atoms in total. The van der Waals surface area contributed by atoms with E-state index in [4.69, 9.17) is 16.3 Å². The molecule has 1 amide bonds. The lowest BCUT2D eigenvalue weighted by atomic mass is 10.1.